The molecule has 0 atom stereocenters. The minimum Gasteiger partial charge on any atom is -0.307 e. The minimum atomic E-state index is -0.230. The van der Waals surface area contributed by atoms with E-state index in [0.717, 1.165) is 12.8 Å². The lowest BCUT2D eigenvalue weighted by molar-refractivity contribution is -0.111. The molecule has 0 unspecified atom stereocenters. The zero-order valence-corrected chi connectivity index (χ0v) is 10.3. The zero-order chi connectivity index (χ0) is 12.4. The van der Waals surface area contributed by atoms with Crippen LogP contribution in [-0.4, -0.2) is 10.9 Å². The van der Waals surface area contributed by atoms with Gasteiger partial charge in [0.2, 0.25) is 5.91 Å². The first-order chi connectivity index (χ1) is 7.76. The van der Waals surface area contributed by atoms with Gasteiger partial charge < -0.3 is 5.32 Å². The number of nitrogens with one attached hydrogen (secondary N) is 1. The summed E-state index contributed by atoms with van der Waals surface area (Å²) in [5.41, 5.74) is 1.18. The van der Waals surface area contributed by atoms with Crippen molar-refractivity contribution in [1.29, 1.82) is 0 Å². The van der Waals surface area contributed by atoms with Crippen LogP contribution in [0.1, 0.15) is 32.8 Å². The number of carbonyl (C=O) groups is 1. The molecule has 0 bridgehead atoms. The molecule has 0 radical (unpaired) electrons. The number of amides is 1. The van der Waals surface area contributed by atoms with Crippen molar-refractivity contribution in [1.82, 2.24) is 4.98 Å². The molecule has 0 aliphatic rings. The van der Waals surface area contributed by atoms with Crippen LogP contribution in [0.25, 0.3) is 0 Å². The highest BCUT2D eigenvalue weighted by Gasteiger charge is 1.99. The Morgan fingerprint density at radius 1 is 1.56 bits per heavy atom. The van der Waals surface area contributed by atoms with E-state index in [1.165, 1.54) is 11.6 Å². The number of carbonyl (C=O) groups excluding carboxylic acids is 1. The third-order valence-electron chi connectivity index (χ3n) is 1.80. The Hall–Kier alpha value is -1.64. The average Bonchev–Trinajstić information content (AvgIpc) is 2.32. The van der Waals surface area contributed by atoms with Crippen molar-refractivity contribution in [3.63, 3.8) is 0 Å². The Labute approximate surface area is 97.6 Å². The van der Waals surface area contributed by atoms with E-state index in [1.807, 2.05) is 26.0 Å². The van der Waals surface area contributed by atoms with Gasteiger partial charge in [-0.2, -0.15) is 0 Å². The summed E-state index contributed by atoms with van der Waals surface area (Å²) in [6.07, 6.45) is 5.01. The van der Waals surface area contributed by atoms with Gasteiger partial charge in [-0.25, -0.2) is 4.98 Å². The normalized spacial score (nSPS) is 8.69. The number of hydrogen-bond donors (Lipinski definition) is 1. The van der Waals surface area contributed by atoms with Crippen molar-refractivity contribution in [3.05, 3.63) is 36.5 Å². The Kier molecular flexibility index (Phi) is 7.76. The number of nitrogens with zero attached hydrogens (tertiary/aromatic N) is 1. The van der Waals surface area contributed by atoms with Gasteiger partial charge >= 0.3 is 0 Å². The summed E-state index contributed by atoms with van der Waals surface area (Å²) in [7, 11) is 0. The highest BCUT2D eigenvalue weighted by Crippen LogP contribution is 2.08. The molecule has 0 saturated carbocycles. The number of aromatic nitrogens is 1. The van der Waals surface area contributed by atoms with Crippen molar-refractivity contribution < 1.29 is 4.79 Å². The van der Waals surface area contributed by atoms with Gasteiger partial charge in [0.05, 0.1) is 0 Å². The van der Waals surface area contributed by atoms with Crippen molar-refractivity contribution in [2.45, 2.75) is 33.6 Å². The van der Waals surface area contributed by atoms with Gasteiger partial charge in [0, 0.05) is 6.20 Å². The third kappa shape index (κ3) is 5.29. The number of hydrogen-bond acceptors (Lipinski definition) is 2. The molecule has 16 heavy (non-hydrogen) atoms. The molecule has 0 fully saturated rings. The third-order valence-corrected chi connectivity index (χ3v) is 1.80. The fraction of sp³-hybridized carbons (Fsp3) is 0.385. The standard InChI is InChI=1S/C11H14N2O.C2H6/c1-3-5-9-6-7-12-10(8-9)13-11(14)4-2;1-2/h4,6-8H,2-3,5H2,1H3,(H,12,13,14);1-2H3. The average molecular weight is 220 g/mol. The monoisotopic (exact) mass is 220 g/mol. The summed E-state index contributed by atoms with van der Waals surface area (Å²) in [5, 5.41) is 2.62. The number of aryl methyl sites for hydroxylation is 1. The maximum absolute atomic E-state index is 11.0. The second-order valence-electron chi connectivity index (χ2n) is 2.99. The maximum Gasteiger partial charge on any atom is 0.248 e. The van der Waals surface area contributed by atoms with Gasteiger partial charge in [0.25, 0.3) is 0 Å². The maximum atomic E-state index is 11.0. The summed E-state index contributed by atoms with van der Waals surface area (Å²) >= 11 is 0. The molecule has 88 valence electrons. The summed E-state index contributed by atoms with van der Waals surface area (Å²) in [6.45, 7) is 9.49. The Morgan fingerprint density at radius 2 is 2.25 bits per heavy atom. The van der Waals surface area contributed by atoms with Crippen LogP contribution in [0.2, 0.25) is 0 Å². The molecule has 0 spiro atoms. The van der Waals surface area contributed by atoms with Crippen LogP contribution in [0.3, 0.4) is 0 Å². The van der Waals surface area contributed by atoms with Crippen LogP contribution >= 0.6 is 0 Å². The SMILES string of the molecule is C=CC(=O)Nc1cc(CCC)ccn1.CC. The lowest BCUT2D eigenvalue weighted by Gasteiger charge is -2.03. The van der Waals surface area contributed by atoms with E-state index in [9.17, 15) is 4.79 Å². The lowest BCUT2D eigenvalue weighted by atomic mass is 10.1. The molecule has 0 aliphatic heterocycles. The number of anilines is 1. The smallest absolute Gasteiger partial charge is 0.248 e. The van der Waals surface area contributed by atoms with Crippen LogP contribution in [0, 0.1) is 0 Å². The van der Waals surface area contributed by atoms with Crippen LogP contribution in [-0.2, 0) is 11.2 Å². The fourth-order valence-corrected chi connectivity index (χ4v) is 1.16. The second-order valence-corrected chi connectivity index (χ2v) is 2.99. The molecule has 1 rings (SSSR count). The molecular weight excluding hydrogens is 200 g/mol. The van der Waals surface area contributed by atoms with Gasteiger partial charge in [-0.3, -0.25) is 4.79 Å². The number of rotatable bonds is 4. The molecule has 3 heteroatoms. The quantitative estimate of drug-likeness (QED) is 0.792. The second kappa shape index (κ2) is 8.65. The van der Waals surface area contributed by atoms with E-state index < -0.39 is 0 Å². The summed E-state index contributed by atoms with van der Waals surface area (Å²) in [4.78, 5) is 15.0. The fourth-order valence-electron chi connectivity index (χ4n) is 1.16. The molecule has 1 aromatic rings. The molecular formula is C13H20N2O. The summed E-state index contributed by atoms with van der Waals surface area (Å²) in [6, 6.07) is 3.83. The van der Waals surface area contributed by atoms with Gasteiger partial charge in [-0.15, -0.1) is 0 Å². The van der Waals surface area contributed by atoms with Gasteiger partial charge in [0.15, 0.2) is 0 Å². The predicted octanol–water partition coefficient (Wildman–Crippen LogP) is 3.18. The molecule has 0 aromatic carbocycles. The van der Waals surface area contributed by atoms with Gasteiger partial charge in [0.1, 0.15) is 5.82 Å². The Morgan fingerprint density at radius 3 is 2.81 bits per heavy atom. The molecule has 1 aromatic heterocycles. The molecule has 3 nitrogen and oxygen atoms in total. The first-order valence-corrected chi connectivity index (χ1v) is 5.64. The van der Waals surface area contributed by atoms with Crippen LogP contribution in [0.5, 0.6) is 0 Å². The lowest BCUT2D eigenvalue weighted by Crippen LogP contribution is -2.08. The highest BCUT2D eigenvalue weighted by molar-refractivity contribution is 5.98. The van der Waals surface area contributed by atoms with Crippen LogP contribution in [0.4, 0.5) is 5.82 Å². The highest BCUT2D eigenvalue weighted by atomic mass is 16.1. The summed E-state index contributed by atoms with van der Waals surface area (Å²) < 4.78 is 0. The topological polar surface area (TPSA) is 42.0 Å². The van der Waals surface area contributed by atoms with E-state index in [1.54, 1.807) is 6.20 Å². The van der Waals surface area contributed by atoms with E-state index in [0.29, 0.717) is 5.82 Å². The molecule has 1 heterocycles. The van der Waals surface area contributed by atoms with Gasteiger partial charge in [-0.05, 0) is 30.2 Å². The van der Waals surface area contributed by atoms with Crippen LogP contribution in [0.15, 0.2) is 31.0 Å². The van der Waals surface area contributed by atoms with E-state index >= 15 is 0 Å². The van der Waals surface area contributed by atoms with E-state index in [-0.39, 0.29) is 5.91 Å². The number of pyridine rings is 1. The van der Waals surface area contributed by atoms with Crippen molar-refractivity contribution in [2.24, 2.45) is 0 Å². The Balaban J connectivity index is 0.00000106. The van der Waals surface area contributed by atoms with E-state index in [4.69, 9.17) is 0 Å². The molecule has 0 saturated heterocycles. The summed E-state index contributed by atoms with van der Waals surface area (Å²) in [5.74, 6) is 0.354. The van der Waals surface area contributed by atoms with Gasteiger partial charge in [-0.1, -0.05) is 33.8 Å². The molecule has 0 aliphatic carbocycles. The van der Waals surface area contributed by atoms with Crippen molar-refractivity contribution >= 4 is 11.7 Å². The zero-order valence-electron chi connectivity index (χ0n) is 10.3. The van der Waals surface area contributed by atoms with E-state index in [2.05, 4.69) is 23.8 Å². The first-order valence-electron chi connectivity index (χ1n) is 5.64. The largest absolute Gasteiger partial charge is 0.307 e. The molecule has 1 amide bonds. The molecule has 1 N–H and O–H groups in total. The van der Waals surface area contributed by atoms with Crippen molar-refractivity contribution in [2.75, 3.05) is 5.32 Å². The Bertz CT molecular complexity index is 334. The van der Waals surface area contributed by atoms with Crippen LogP contribution < -0.4 is 5.32 Å². The van der Waals surface area contributed by atoms with Crippen molar-refractivity contribution in [3.8, 4) is 0 Å². The first kappa shape index (κ1) is 14.4. The minimum absolute atomic E-state index is 0.230. The predicted molar refractivity (Wildman–Crippen MR) is 68.4 cm³/mol.